The van der Waals surface area contributed by atoms with Gasteiger partial charge in [0, 0.05) is 39.9 Å². The van der Waals surface area contributed by atoms with E-state index in [1.165, 1.54) is 20.2 Å². The molecule has 7 nitrogen and oxygen atoms in total. The third-order valence-electron chi connectivity index (χ3n) is 1.85. The van der Waals surface area contributed by atoms with E-state index in [1.807, 2.05) is 0 Å². The molecular formula is C11H18N4O3. The van der Waals surface area contributed by atoms with Crippen molar-refractivity contribution in [3.8, 4) is 6.07 Å². The zero-order valence-corrected chi connectivity index (χ0v) is 10.6. The van der Waals surface area contributed by atoms with Crippen LogP contribution in [0.25, 0.3) is 0 Å². The summed E-state index contributed by atoms with van der Waals surface area (Å²) < 4.78 is 4.77. The highest BCUT2D eigenvalue weighted by molar-refractivity contribution is 5.97. The van der Waals surface area contributed by atoms with Crippen molar-refractivity contribution >= 4 is 11.8 Å². The first kappa shape index (κ1) is 15.9. The third-order valence-corrected chi connectivity index (χ3v) is 1.85. The Hall–Kier alpha value is -2.07. The van der Waals surface area contributed by atoms with Gasteiger partial charge in [0.2, 0.25) is 5.91 Å². The monoisotopic (exact) mass is 254 g/mol. The van der Waals surface area contributed by atoms with E-state index < -0.39 is 5.91 Å². The number of carbonyl (C=O) groups excluding carboxylic acids is 2. The molecular weight excluding hydrogens is 236 g/mol. The van der Waals surface area contributed by atoms with E-state index in [9.17, 15) is 9.59 Å². The predicted molar refractivity (Wildman–Crippen MR) is 65.3 cm³/mol. The van der Waals surface area contributed by atoms with E-state index in [0.717, 1.165) is 0 Å². The lowest BCUT2D eigenvalue weighted by Gasteiger charge is -2.04. The van der Waals surface area contributed by atoms with Crippen molar-refractivity contribution in [2.75, 3.05) is 33.4 Å². The molecule has 0 saturated heterocycles. The molecule has 0 bridgehead atoms. The van der Waals surface area contributed by atoms with Crippen molar-refractivity contribution in [1.82, 2.24) is 16.0 Å². The minimum atomic E-state index is -0.457. The van der Waals surface area contributed by atoms with Crippen molar-refractivity contribution in [3.63, 3.8) is 0 Å². The molecule has 3 N–H and O–H groups in total. The van der Waals surface area contributed by atoms with Crippen LogP contribution >= 0.6 is 0 Å². The number of rotatable bonds is 8. The standard InChI is InChI=1S/C11H18N4O3/c1-9(16)14-4-3-13-8-10(7-12)11(17)15-5-6-18-2/h8,13H,3-6H2,1-2H3,(H,14,16)(H,15,17)/b10-8-. The fourth-order valence-electron chi connectivity index (χ4n) is 0.995. The van der Waals surface area contributed by atoms with Crippen LogP contribution in [0.15, 0.2) is 11.8 Å². The molecule has 0 radical (unpaired) electrons. The first-order chi connectivity index (χ1) is 8.61. The Morgan fingerprint density at radius 1 is 1.28 bits per heavy atom. The topological polar surface area (TPSA) is 103 Å². The number of nitriles is 1. The molecule has 0 aliphatic carbocycles. The highest BCUT2D eigenvalue weighted by Gasteiger charge is 2.06. The number of amides is 2. The molecule has 0 rings (SSSR count). The van der Waals surface area contributed by atoms with Crippen molar-refractivity contribution in [2.45, 2.75) is 6.92 Å². The fraction of sp³-hybridized carbons (Fsp3) is 0.545. The van der Waals surface area contributed by atoms with Crippen LogP contribution in [-0.2, 0) is 14.3 Å². The van der Waals surface area contributed by atoms with Crippen LogP contribution in [0, 0.1) is 11.3 Å². The maximum atomic E-state index is 11.5. The second-order valence-corrected chi connectivity index (χ2v) is 3.36. The Morgan fingerprint density at radius 3 is 2.56 bits per heavy atom. The maximum Gasteiger partial charge on any atom is 0.263 e. The zero-order valence-electron chi connectivity index (χ0n) is 10.6. The van der Waals surface area contributed by atoms with E-state index in [0.29, 0.717) is 26.2 Å². The van der Waals surface area contributed by atoms with E-state index in [2.05, 4.69) is 16.0 Å². The number of carbonyl (C=O) groups is 2. The third kappa shape index (κ3) is 8.13. The smallest absolute Gasteiger partial charge is 0.263 e. The summed E-state index contributed by atoms with van der Waals surface area (Å²) in [4.78, 5) is 22.0. The molecule has 0 atom stereocenters. The van der Waals surface area contributed by atoms with Crippen LogP contribution in [0.2, 0.25) is 0 Å². The van der Waals surface area contributed by atoms with Gasteiger partial charge in [0.05, 0.1) is 6.61 Å². The molecule has 18 heavy (non-hydrogen) atoms. The molecule has 0 aliphatic heterocycles. The highest BCUT2D eigenvalue weighted by atomic mass is 16.5. The van der Waals surface area contributed by atoms with Gasteiger partial charge in [0.15, 0.2) is 0 Å². The minimum Gasteiger partial charge on any atom is -0.388 e. The van der Waals surface area contributed by atoms with Crippen molar-refractivity contribution in [2.24, 2.45) is 0 Å². The van der Waals surface area contributed by atoms with Crippen molar-refractivity contribution in [1.29, 1.82) is 5.26 Å². The lowest BCUT2D eigenvalue weighted by atomic mass is 10.3. The fourth-order valence-corrected chi connectivity index (χ4v) is 0.995. The second kappa shape index (κ2) is 10.1. The van der Waals surface area contributed by atoms with Gasteiger partial charge in [0.25, 0.3) is 5.91 Å². The SMILES string of the molecule is COCCNC(=O)/C(C#N)=C\NCCNC(C)=O. The molecule has 0 fully saturated rings. The number of ether oxygens (including phenoxy) is 1. The van der Waals surface area contributed by atoms with Crippen LogP contribution in [0.4, 0.5) is 0 Å². The molecule has 100 valence electrons. The van der Waals surface area contributed by atoms with Crippen LogP contribution in [0.1, 0.15) is 6.92 Å². The zero-order chi connectivity index (χ0) is 13.8. The van der Waals surface area contributed by atoms with Gasteiger partial charge in [-0.3, -0.25) is 9.59 Å². The van der Waals surface area contributed by atoms with Crippen molar-refractivity contribution in [3.05, 3.63) is 11.8 Å². The van der Waals surface area contributed by atoms with Gasteiger partial charge in [-0.05, 0) is 0 Å². The minimum absolute atomic E-state index is 0.0195. The van der Waals surface area contributed by atoms with Gasteiger partial charge in [-0.2, -0.15) is 5.26 Å². The number of hydrogen-bond acceptors (Lipinski definition) is 5. The van der Waals surface area contributed by atoms with Gasteiger partial charge in [-0.25, -0.2) is 0 Å². The Labute approximate surface area is 106 Å². The average molecular weight is 254 g/mol. The van der Waals surface area contributed by atoms with Gasteiger partial charge in [-0.15, -0.1) is 0 Å². The number of nitrogens with one attached hydrogen (secondary N) is 3. The highest BCUT2D eigenvalue weighted by Crippen LogP contribution is 1.89. The molecule has 0 spiro atoms. The summed E-state index contributed by atoms with van der Waals surface area (Å²) in [6.45, 7) is 3.02. The molecule has 0 saturated carbocycles. The molecule has 2 amide bonds. The summed E-state index contributed by atoms with van der Waals surface area (Å²) in [7, 11) is 1.52. The van der Waals surface area contributed by atoms with Gasteiger partial charge >= 0.3 is 0 Å². The number of methoxy groups -OCH3 is 1. The quantitative estimate of drug-likeness (QED) is 0.289. The summed E-state index contributed by atoms with van der Waals surface area (Å²) in [6, 6.07) is 1.79. The molecule has 0 aliphatic rings. The molecule has 0 heterocycles. The normalized spacial score (nSPS) is 10.4. The summed E-state index contributed by atoms with van der Waals surface area (Å²) in [5, 5.41) is 16.7. The lowest BCUT2D eigenvalue weighted by Crippen LogP contribution is -2.30. The number of hydrogen-bond donors (Lipinski definition) is 3. The number of nitrogens with zero attached hydrogens (tertiary/aromatic N) is 1. The van der Waals surface area contributed by atoms with Crippen LogP contribution in [0.5, 0.6) is 0 Å². The summed E-state index contributed by atoms with van der Waals surface area (Å²) >= 11 is 0. The first-order valence-electron chi connectivity index (χ1n) is 5.47. The van der Waals surface area contributed by atoms with Crippen molar-refractivity contribution < 1.29 is 14.3 Å². The maximum absolute atomic E-state index is 11.5. The van der Waals surface area contributed by atoms with Gasteiger partial charge in [-0.1, -0.05) is 0 Å². The molecule has 0 aromatic carbocycles. The predicted octanol–water partition coefficient (Wildman–Crippen LogP) is -1.12. The summed E-state index contributed by atoms with van der Waals surface area (Å²) in [5.74, 6) is -0.583. The molecule has 0 aromatic heterocycles. The largest absolute Gasteiger partial charge is 0.388 e. The van der Waals surface area contributed by atoms with Gasteiger partial charge in [0.1, 0.15) is 11.6 Å². The van der Waals surface area contributed by atoms with Gasteiger partial charge < -0.3 is 20.7 Å². The molecule has 7 heteroatoms. The Morgan fingerprint density at radius 2 is 2.00 bits per heavy atom. The Balaban J connectivity index is 3.96. The van der Waals surface area contributed by atoms with E-state index in [1.54, 1.807) is 6.07 Å². The first-order valence-corrected chi connectivity index (χ1v) is 5.47. The molecule has 0 aromatic rings. The summed E-state index contributed by atoms with van der Waals surface area (Å²) in [6.07, 6.45) is 1.32. The van der Waals surface area contributed by atoms with E-state index in [4.69, 9.17) is 10.00 Å². The Bertz CT molecular complexity index is 347. The summed E-state index contributed by atoms with van der Waals surface area (Å²) in [5.41, 5.74) is -0.0195. The van der Waals surface area contributed by atoms with Crippen LogP contribution < -0.4 is 16.0 Å². The van der Waals surface area contributed by atoms with Crippen LogP contribution in [-0.4, -0.2) is 45.2 Å². The van der Waals surface area contributed by atoms with E-state index >= 15 is 0 Å². The average Bonchev–Trinajstić information content (AvgIpc) is 2.33. The molecule has 0 unspecified atom stereocenters. The lowest BCUT2D eigenvalue weighted by molar-refractivity contribution is -0.119. The van der Waals surface area contributed by atoms with Crippen LogP contribution in [0.3, 0.4) is 0 Å². The van der Waals surface area contributed by atoms with E-state index in [-0.39, 0.29) is 11.5 Å². The Kier molecular flexibility index (Phi) is 8.95. The second-order valence-electron chi connectivity index (χ2n) is 3.36.